The molecule has 0 bridgehead atoms. The van der Waals surface area contributed by atoms with Crippen LogP contribution in [-0.4, -0.2) is 6.36 Å². The van der Waals surface area contributed by atoms with Crippen molar-refractivity contribution in [2.75, 3.05) is 0 Å². The van der Waals surface area contributed by atoms with Crippen LogP contribution in [-0.2, 0) is 6.42 Å². The van der Waals surface area contributed by atoms with Gasteiger partial charge in [-0.15, -0.1) is 13.2 Å². The zero-order valence-corrected chi connectivity index (χ0v) is 17.1. The molecule has 1 nitrogen and oxygen atoms in total. The third-order valence-electron chi connectivity index (χ3n) is 5.52. The third-order valence-corrected chi connectivity index (χ3v) is 5.52. The first-order chi connectivity index (χ1) is 14.7. The topological polar surface area (TPSA) is 9.23 Å². The lowest BCUT2D eigenvalue weighted by molar-refractivity contribution is -0.276. The van der Waals surface area contributed by atoms with Gasteiger partial charge in [-0.3, -0.25) is 0 Å². The largest absolute Gasteiger partial charge is 0.573 e. The molecule has 1 saturated carbocycles. The molecule has 1 aliphatic rings. The van der Waals surface area contributed by atoms with Crippen LogP contribution in [0.2, 0.25) is 0 Å². The number of alkyl halides is 3. The van der Waals surface area contributed by atoms with Crippen molar-refractivity contribution in [3.63, 3.8) is 0 Å². The Hall–Kier alpha value is -2.81. The molecule has 1 aliphatic carbocycles. The zero-order chi connectivity index (χ0) is 22.4. The van der Waals surface area contributed by atoms with Crippen LogP contribution in [0.25, 0.3) is 0 Å². The molecule has 2 aromatic rings. The van der Waals surface area contributed by atoms with E-state index < -0.39 is 23.7 Å². The summed E-state index contributed by atoms with van der Waals surface area (Å²) in [7, 11) is 0. The minimum atomic E-state index is -5.17. The van der Waals surface area contributed by atoms with Gasteiger partial charge >= 0.3 is 6.36 Å². The van der Waals surface area contributed by atoms with Gasteiger partial charge in [-0.1, -0.05) is 49.1 Å². The normalized spacial score (nSPS) is 19.2. The van der Waals surface area contributed by atoms with E-state index >= 15 is 0 Å². The molecule has 3 rings (SSSR count). The van der Waals surface area contributed by atoms with E-state index in [1.54, 1.807) is 6.08 Å². The molecule has 0 aliphatic heterocycles. The molecule has 31 heavy (non-hydrogen) atoms. The molecular weight excluding hydrogens is 411 g/mol. The predicted molar refractivity (Wildman–Crippen MR) is 110 cm³/mol. The average molecular weight is 434 g/mol. The summed E-state index contributed by atoms with van der Waals surface area (Å²) in [6.07, 6.45) is 3.72. The summed E-state index contributed by atoms with van der Waals surface area (Å²) in [6.45, 7) is 2.14. The SMILES string of the molecule is CCc1ccc([C@H]2CC[C@H](C=CC#Cc3cc(F)c(OC(F)(F)F)c(F)c3)CC2)cc1. The van der Waals surface area contributed by atoms with E-state index in [0.717, 1.165) is 44.2 Å². The Morgan fingerprint density at radius 3 is 2.16 bits per heavy atom. The molecule has 2 aromatic carbocycles. The fraction of sp³-hybridized carbons (Fsp3) is 0.360. The first kappa shape index (κ1) is 22.9. The Morgan fingerprint density at radius 1 is 1.00 bits per heavy atom. The summed E-state index contributed by atoms with van der Waals surface area (Å²) >= 11 is 0. The summed E-state index contributed by atoms with van der Waals surface area (Å²) in [6, 6.07) is 10.2. The Kier molecular flexibility index (Phi) is 7.37. The second-order valence-corrected chi connectivity index (χ2v) is 7.65. The van der Waals surface area contributed by atoms with Crippen molar-refractivity contribution in [1.29, 1.82) is 0 Å². The van der Waals surface area contributed by atoms with Crippen molar-refractivity contribution >= 4 is 0 Å². The van der Waals surface area contributed by atoms with Gasteiger partial charge in [0, 0.05) is 5.56 Å². The van der Waals surface area contributed by atoms with E-state index in [4.69, 9.17) is 0 Å². The number of allylic oxidation sites excluding steroid dienone is 2. The number of rotatable bonds is 4. The highest BCUT2D eigenvalue weighted by Crippen LogP contribution is 2.36. The molecule has 6 heteroatoms. The van der Waals surface area contributed by atoms with Crippen LogP contribution in [0.15, 0.2) is 48.6 Å². The van der Waals surface area contributed by atoms with Crippen LogP contribution < -0.4 is 4.74 Å². The highest BCUT2D eigenvalue weighted by atomic mass is 19.4. The molecule has 0 saturated heterocycles. The number of hydrogen-bond donors (Lipinski definition) is 0. The smallest absolute Gasteiger partial charge is 0.399 e. The van der Waals surface area contributed by atoms with Crippen molar-refractivity contribution in [3.05, 3.63) is 76.9 Å². The molecule has 0 atom stereocenters. The molecule has 0 N–H and O–H groups in total. The summed E-state index contributed by atoms with van der Waals surface area (Å²) < 4.78 is 67.3. The van der Waals surface area contributed by atoms with Crippen molar-refractivity contribution in [2.45, 2.75) is 51.3 Å². The van der Waals surface area contributed by atoms with Gasteiger partial charge in [0.2, 0.25) is 5.75 Å². The first-order valence-corrected chi connectivity index (χ1v) is 10.3. The highest BCUT2D eigenvalue weighted by molar-refractivity contribution is 5.42. The van der Waals surface area contributed by atoms with Gasteiger partial charge in [-0.05, 0) is 73.3 Å². The van der Waals surface area contributed by atoms with Crippen LogP contribution in [0, 0.1) is 29.4 Å². The molecule has 164 valence electrons. The van der Waals surface area contributed by atoms with Crippen LogP contribution in [0.5, 0.6) is 5.75 Å². The quantitative estimate of drug-likeness (QED) is 0.362. The lowest BCUT2D eigenvalue weighted by atomic mass is 9.78. The van der Waals surface area contributed by atoms with Crippen LogP contribution in [0.4, 0.5) is 22.0 Å². The second kappa shape index (κ2) is 10.00. The van der Waals surface area contributed by atoms with Crippen LogP contribution >= 0.6 is 0 Å². The van der Waals surface area contributed by atoms with Crippen molar-refractivity contribution in [3.8, 4) is 17.6 Å². The maximum absolute atomic E-state index is 13.7. The van der Waals surface area contributed by atoms with E-state index in [1.807, 2.05) is 6.08 Å². The minimum absolute atomic E-state index is 0.0617. The number of ether oxygens (including phenoxy) is 1. The Bertz CT molecular complexity index is 949. The Labute approximate surface area is 178 Å². The van der Waals surface area contributed by atoms with Gasteiger partial charge < -0.3 is 4.74 Å². The molecule has 0 aromatic heterocycles. The highest BCUT2D eigenvalue weighted by Gasteiger charge is 2.34. The summed E-state index contributed by atoms with van der Waals surface area (Å²) in [5.41, 5.74) is 2.65. The fourth-order valence-corrected chi connectivity index (χ4v) is 3.82. The average Bonchev–Trinajstić information content (AvgIpc) is 2.74. The fourth-order valence-electron chi connectivity index (χ4n) is 3.82. The van der Waals surface area contributed by atoms with E-state index in [2.05, 4.69) is 47.8 Å². The van der Waals surface area contributed by atoms with Gasteiger partial charge in [0.15, 0.2) is 11.6 Å². The number of aryl methyl sites for hydroxylation is 1. The maximum Gasteiger partial charge on any atom is 0.573 e. The van der Waals surface area contributed by atoms with Gasteiger partial charge in [0.25, 0.3) is 0 Å². The van der Waals surface area contributed by atoms with Gasteiger partial charge in [0.1, 0.15) is 0 Å². The molecule has 1 fully saturated rings. The van der Waals surface area contributed by atoms with Gasteiger partial charge in [0.05, 0.1) is 0 Å². The zero-order valence-electron chi connectivity index (χ0n) is 17.1. The van der Waals surface area contributed by atoms with Crippen molar-refractivity contribution < 1.29 is 26.7 Å². The summed E-state index contributed by atoms with van der Waals surface area (Å²) in [5, 5.41) is 0. The van der Waals surface area contributed by atoms with Crippen molar-refractivity contribution in [2.24, 2.45) is 5.92 Å². The minimum Gasteiger partial charge on any atom is -0.399 e. The summed E-state index contributed by atoms with van der Waals surface area (Å²) in [5.74, 6) is 1.82. The maximum atomic E-state index is 13.7. The lowest BCUT2D eigenvalue weighted by Crippen LogP contribution is -2.19. The molecule has 0 heterocycles. The number of halogens is 5. The Morgan fingerprint density at radius 2 is 1.61 bits per heavy atom. The van der Waals surface area contributed by atoms with E-state index in [-0.39, 0.29) is 5.56 Å². The standard InChI is InChI=1S/C25H23F5O/c1-2-17-7-11-20(12-8-17)21-13-9-18(10-14-21)5-3-4-6-19-15-22(26)24(23(27)16-19)31-25(28,29)30/h3,5,7-8,11-12,15-16,18,21H,2,9-10,13-14H2,1H3/t18-,21-. The van der Waals surface area contributed by atoms with E-state index in [1.165, 1.54) is 11.1 Å². The molecule has 0 amide bonds. The molecule has 0 radical (unpaired) electrons. The molecular formula is C25H23F5O. The first-order valence-electron chi connectivity index (χ1n) is 10.3. The van der Waals surface area contributed by atoms with Crippen LogP contribution in [0.1, 0.15) is 55.2 Å². The van der Waals surface area contributed by atoms with Gasteiger partial charge in [-0.25, -0.2) is 8.78 Å². The number of hydrogen-bond acceptors (Lipinski definition) is 1. The lowest BCUT2D eigenvalue weighted by Gasteiger charge is -2.27. The van der Waals surface area contributed by atoms with E-state index in [0.29, 0.717) is 11.8 Å². The molecule has 0 unspecified atom stereocenters. The van der Waals surface area contributed by atoms with Gasteiger partial charge in [-0.2, -0.15) is 0 Å². The summed E-state index contributed by atoms with van der Waals surface area (Å²) in [4.78, 5) is 0. The number of benzene rings is 2. The second-order valence-electron chi connectivity index (χ2n) is 7.65. The monoisotopic (exact) mass is 434 g/mol. The Balaban J connectivity index is 1.55. The molecule has 0 spiro atoms. The van der Waals surface area contributed by atoms with Crippen molar-refractivity contribution in [1.82, 2.24) is 0 Å². The van der Waals surface area contributed by atoms with Crippen LogP contribution in [0.3, 0.4) is 0 Å². The third kappa shape index (κ3) is 6.58. The predicted octanol–water partition coefficient (Wildman–Crippen LogP) is 7.31. The van der Waals surface area contributed by atoms with E-state index in [9.17, 15) is 22.0 Å².